The van der Waals surface area contributed by atoms with Gasteiger partial charge in [-0.1, -0.05) is 18.2 Å². The maximum absolute atomic E-state index is 12.5. The smallest absolute Gasteiger partial charge is 0.416 e. The monoisotopic (exact) mass is 308 g/mol. The normalized spacial score (nSPS) is 11.8. The van der Waals surface area contributed by atoms with Gasteiger partial charge in [0.15, 0.2) is 0 Å². The molecule has 2 rings (SSSR count). The van der Waals surface area contributed by atoms with E-state index in [9.17, 15) is 18.3 Å². The zero-order chi connectivity index (χ0) is 16.2. The number of rotatable bonds is 4. The lowest BCUT2D eigenvalue weighted by Gasteiger charge is -2.11. The van der Waals surface area contributed by atoms with Gasteiger partial charge in [-0.3, -0.25) is 4.99 Å². The lowest BCUT2D eigenvalue weighted by atomic mass is 10.1. The Balaban J connectivity index is 2.12. The average Bonchev–Trinajstić information content (AvgIpc) is 2.47. The summed E-state index contributed by atoms with van der Waals surface area (Å²) >= 11 is 0. The quantitative estimate of drug-likeness (QED) is 0.801. The molecule has 0 heterocycles. The van der Waals surface area contributed by atoms with Crippen LogP contribution in [0.5, 0.6) is 5.75 Å². The van der Waals surface area contributed by atoms with Crippen molar-refractivity contribution in [2.75, 3.05) is 5.32 Å². The van der Waals surface area contributed by atoms with E-state index in [1.165, 1.54) is 18.2 Å². The van der Waals surface area contributed by atoms with Gasteiger partial charge >= 0.3 is 6.18 Å². The molecule has 0 bridgehead atoms. The van der Waals surface area contributed by atoms with Crippen LogP contribution in [0.4, 0.5) is 24.5 Å². The molecule has 0 aliphatic heterocycles. The molecule has 3 nitrogen and oxygen atoms in total. The van der Waals surface area contributed by atoms with Crippen LogP contribution in [-0.2, 0) is 12.7 Å². The lowest BCUT2D eigenvalue weighted by Crippen LogP contribution is -2.05. The molecule has 0 aromatic heterocycles. The summed E-state index contributed by atoms with van der Waals surface area (Å²) in [5, 5.41) is 12.8. The van der Waals surface area contributed by atoms with E-state index in [4.69, 9.17) is 0 Å². The SMILES string of the molecule is CC=Nc1c(O)cccc1NCc1ccc(C(F)(F)F)cc1. The zero-order valence-corrected chi connectivity index (χ0v) is 11.9. The topological polar surface area (TPSA) is 44.6 Å². The highest BCUT2D eigenvalue weighted by Crippen LogP contribution is 2.34. The first-order valence-corrected chi connectivity index (χ1v) is 6.62. The van der Waals surface area contributed by atoms with Crippen molar-refractivity contribution < 1.29 is 18.3 Å². The van der Waals surface area contributed by atoms with Crippen molar-refractivity contribution in [3.05, 3.63) is 53.6 Å². The lowest BCUT2D eigenvalue weighted by molar-refractivity contribution is -0.137. The van der Waals surface area contributed by atoms with Gasteiger partial charge in [0.05, 0.1) is 11.3 Å². The van der Waals surface area contributed by atoms with Gasteiger partial charge in [-0.25, -0.2) is 0 Å². The van der Waals surface area contributed by atoms with E-state index in [-0.39, 0.29) is 5.75 Å². The number of anilines is 1. The summed E-state index contributed by atoms with van der Waals surface area (Å²) < 4.78 is 37.5. The number of nitrogens with zero attached hydrogens (tertiary/aromatic N) is 1. The molecule has 0 saturated carbocycles. The van der Waals surface area contributed by atoms with Crippen molar-refractivity contribution in [2.45, 2.75) is 19.6 Å². The van der Waals surface area contributed by atoms with Crippen molar-refractivity contribution in [1.29, 1.82) is 0 Å². The summed E-state index contributed by atoms with van der Waals surface area (Å²) in [7, 11) is 0. The molecule has 2 aromatic carbocycles. The summed E-state index contributed by atoms with van der Waals surface area (Å²) in [5.74, 6) is 0.0375. The Morgan fingerprint density at radius 3 is 2.41 bits per heavy atom. The summed E-state index contributed by atoms with van der Waals surface area (Å²) in [6.07, 6.45) is -2.78. The minimum Gasteiger partial charge on any atom is -0.506 e. The van der Waals surface area contributed by atoms with E-state index in [2.05, 4.69) is 10.3 Å². The van der Waals surface area contributed by atoms with Gasteiger partial charge in [-0.2, -0.15) is 13.2 Å². The highest BCUT2D eigenvalue weighted by Gasteiger charge is 2.29. The molecule has 2 aromatic rings. The Hall–Kier alpha value is -2.50. The average molecular weight is 308 g/mol. The number of phenols is 1. The molecule has 0 amide bonds. The van der Waals surface area contributed by atoms with Crippen molar-refractivity contribution in [3.8, 4) is 5.75 Å². The molecule has 0 spiro atoms. The van der Waals surface area contributed by atoms with Gasteiger partial charge in [0.1, 0.15) is 11.4 Å². The number of aromatic hydroxyl groups is 1. The van der Waals surface area contributed by atoms with E-state index in [0.29, 0.717) is 23.5 Å². The Bertz CT molecular complexity index is 664. The van der Waals surface area contributed by atoms with Gasteiger partial charge in [-0.15, -0.1) is 0 Å². The Labute approximate surface area is 126 Å². The van der Waals surface area contributed by atoms with Crippen LogP contribution < -0.4 is 5.32 Å². The second-order valence-electron chi connectivity index (χ2n) is 4.61. The summed E-state index contributed by atoms with van der Waals surface area (Å²) in [5.41, 5.74) is 1.03. The summed E-state index contributed by atoms with van der Waals surface area (Å²) in [4.78, 5) is 4.08. The summed E-state index contributed by atoms with van der Waals surface area (Å²) in [6.45, 7) is 2.06. The Kier molecular flexibility index (Phi) is 4.70. The van der Waals surface area contributed by atoms with E-state index in [0.717, 1.165) is 12.1 Å². The molecule has 0 atom stereocenters. The second-order valence-corrected chi connectivity index (χ2v) is 4.61. The number of para-hydroxylation sites is 1. The minimum absolute atomic E-state index is 0.0375. The second kappa shape index (κ2) is 6.51. The Morgan fingerprint density at radius 1 is 1.14 bits per heavy atom. The van der Waals surface area contributed by atoms with Crippen molar-refractivity contribution in [3.63, 3.8) is 0 Å². The van der Waals surface area contributed by atoms with Crippen molar-refractivity contribution >= 4 is 17.6 Å². The molecule has 116 valence electrons. The summed E-state index contributed by atoms with van der Waals surface area (Å²) in [6, 6.07) is 9.86. The molecule has 0 saturated heterocycles. The van der Waals surface area contributed by atoms with Crippen LogP contribution >= 0.6 is 0 Å². The van der Waals surface area contributed by atoms with Crippen LogP contribution in [0.2, 0.25) is 0 Å². The fourth-order valence-electron chi connectivity index (χ4n) is 1.95. The third-order valence-electron chi connectivity index (χ3n) is 3.04. The molecule has 0 radical (unpaired) electrons. The third kappa shape index (κ3) is 3.78. The van der Waals surface area contributed by atoms with Gasteiger partial charge < -0.3 is 10.4 Å². The highest BCUT2D eigenvalue weighted by atomic mass is 19.4. The van der Waals surface area contributed by atoms with E-state index in [1.54, 1.807) is 25.3 Å². The molecule has 6 heteroatoms. The maximum atomic E-state index is 12.5. The zero-order valence-electron chi connectivity index (χ0n) is 11.9. The van der Waals surface area contributed by atoms with Crippen LogP contribution in [0, 0.1) is 0 Å². The molecule has 22 heavy (non-hydrogen) atoms. The number of benzene rings is 2. The number of alkyl halides is 3. The molecule has 0 aliphatic carbocycles. The molecule has 0 unspecified atom stereocenters. The van der Waals surface area contributed by atoms with Gasteiger partial charge in [0.2, 0.25) is 0 Å². The molecular weight excluding hydrogens is 293 g/mol. The number of phenolic OH excluding ortho intramolecular Hbond substituents is 1. The molecule has 0 aliphatic rings. The molecular formula is C16H15F3N2O. The molecule has 0 fully saturated rings. The van der Waals surface area contributed by atoms with Gasteiger partial charge in [0, 0.05) is 12.8 Å². The van der Waals surface area contributed by atoms with E-state index < -0.39 is 11.7 Å². The van der Waals surface area contributed by atoms with Crippen LogP contribution in [0.25, 0.3) is 0 Å². The van der Waals surface area contributed by atoms with Gasteiger partial charge in [0.25, 0.3) is 0 Å². The number of hydrogen-bond acceptors (Lipinski definition) is 3. The first-order valence-electron chi connectivity index (χ1n) is 6.62. The van der Waals surface area contributed by atoms with Crippen LogP contribution in [0.1, 0.15) is 18.1 Å². The third-order valence-corrected chi connectivity index (χ3v) is 3.04. The Morgan fingerprint density at radius 2 is 1.82 bits per heavy atom. The fourth-order valence-corrected chi connectivity index (χ4v) is 1.95. The standard InChI is InChI=1S/C16H15F3N2O/c1-2-20-15-13(4-3-5-14(15)22)21-10-11-6-8-12(9-7-11)16(17,18)19/h2-9,21-22H,10H2,1H3. The predicted octanol–water partition coefficient (Wildman–Crippen LogP) is 4.75. The van der Waals surface area contributed by atoms with Crippen LogP contribution in [-0.4, -0.2) is 11.3 Å². The number of hydrogen-bond donors (Lipinski definition) is 2. The first-order chi connectivity index (χ1) is 10.4. The predicted molar refractivity (Wildman–Crippen MR) is 80.7 cm³/mol. The largest absolute Gasteiger partial charge is 0.506 e. The van der Waals surface area contributed by atoms with E-state index in [1.807, 2.05) is 0 Å². The number of halogens is 3. The van der Waals surface area contributed by atoms with Crippen molar-refractivity contribution in [2.24, 2.45) is 4.99 Å². The van der Waals surface area contributed by atoms with Crippen LogP contribution in [0.3, 0.4) is 0 Å². The fraction of sp³-hybridized carbons (Fsp3) is 0.188. The molecule has 2 N–H and O–H groups in total. The first kappa shape index (κ1) is 15.9. The van der Waals surface area contributed by atoms with Crippen LogP contribution in [0.15, 0.2) is 47.5 Å². The van der Waals surface area contributed by atoms with Crippen molar-refractivity contribution in [1.82, 2.24) is 0 Å². The number of nitrogens with one attached hydrogen (secondary N) is 1. The van der Waals surface area contributed by atoms with Gasteiger partial charge in [-0.05, 0) is 36.8 Å². The highest BCUT2D eigenvalue weighted by molar-refractivity contribution is 5.76. The maximum Gasteiger partial charge on any atom is 0.416 e. The number of aliphatic imine (C=N–C) groups is 1. The minimum atomic E-state index is -4.33. The van der Waals surface area contributed by atoms with E-state index >= 15 is 0 Å².